The van der Waals surface area contributed by atoms with Gasteiger partial charge in [0.1, 0.15) is 0 Å². The highest BCUT2D eigenvalue weighted by Crippen LogP contribution is 2.44. The quantitative estimate of drug-likeness (QED) is 0.869. The molecule has 19 heavy (non-hydrogen) atoms. The second-order valence-corrected chi connectivity index (χ2v) is 5.55. The molecule has 0 aliphatic heterocycles. The number of benzene rings is 2. The number of rotatable bonds is 4. The molecule has 2 aromatic carbocycles. The molecule has 2 rings (SSSR count). The van der Waals surface area contributed by atoms with Crippen LogP contribution in [0.1, 0.15) is 38.3 Å². The first-order valence-corrected chi connectivity index (χ1v) is 6.86. The molecule has 0 atom stereocenters. The van der Waals surface area contributed by atoms with Gasteiger partial charge >= 0.3 is 0 Å². The Labute approximate surface area is 115 Å². The van der Waals surface area contributed by atoms with Gasteiger partial charge in [-0.05, 0) is 31.4 Å². The Balaban J connectivity index is 2.70. The molecule has 1 heteroatoms. The molecule has 100 valence electrons. The number of aliphatic hydroxyl groups is 1. The van der Waals surface area contributed by atoms with Crippen LogP contribution in [0.15, 0.2) is 60.7 Å². The van der Waals surface area contributed by atoms with Gasteiger partial charge in [-0.25, -0.2) is 0 Å². The molecule has 0 unspecified atom stereocenters. The van der Waals surface area contributed by atoms with Crippen molar-refractivity contribution in [3.05, 3.63) is 71.8 Å². The molecular weight excluding hydrogens is 232 g/mol. The first kappa shape index (κ1) is 13.8. The van der Waals surface area contributed by atoms with Crippen LogP contribution in [0.2, 0.25) is 0 Å². The Hall–Kier alpha value is -1.60. The molecular formula is C18H22O. The van der Waals surface area contributed by atoms with E-state index in [0.29, 0.717) is 0 Å². The van der Waals surface area contributed by atoms with E-state index in [2.05, 4.69) is 31.2 Å². The molecule has 0 saturated carbocycles. The SMILES string of the molecule is CCC(c1ccccc1)(c1ccccc1)C(C)(C)O. The highest BCUT2D eigenvalue weighted by atomic mass is 16.3. The van der Waals surface area contributed by atoms with E-state index in [1.807, 2.05) is 50.2 Å². The normalized spacial score (nSPS) is 12.4. The van der Waals surface area contributed by atoms with E-state index < -0.39 is 5.60 Å². The van der Waals surface area contributed by atoms with Gasteiger partial charge in [0.05, 0.1) is 5.60 Å². The van der Waals surface area contributed by atoms with Crippen LogP contribution in [0.4, 0.5) is 0 Å². The van der Waals surface area contributed by atoms with Crippen LogP contribution >= 0.6 is 0 Å². The third-order valence-electron chi connectivity index (χ3n) is 4.11. The Morgan fingerprint density at radius 1 is 0.789 bits per heavy atom. The third kappa shape index (κ3) is 2.31. The Morgan fingerprint density at radius 3 is 1.42 bits per heavy atom. The summed E-state index contributed by atoms with van der Waals surface area (Å²) in [6.07, 6.45) is 0.852. The van der Waals surface area contributed by atoms with Gasteiger partial charge in [-0.1, -0.05) is 67.6 Å². The second kappa shape index (κ2) is 5.18. The van der Waals surface area contributed by atoms with Crippen molar-refractivity contribution in [1.29, 1.82) is 0 Å². The van der Waals surface area contributed by atoms with E-state index in [1.165, 1.54) is 0 Å². The molecule has 0 amide bonds. The van der Waals surface area contributed by atoms with Crippen LogP contribution in [0.3, 0.4) is 0 Å². The lowest BCUT2D eigenvalue weighted by molar-refractivity contribution is 0.00962. The minimum atomic E-state index is -0.829. The number of hydrogen-bond donors (Lipinski definition) is 1. The van der Waals surface area contributed by atoms with Crippen molar-refractivity contribution in [2.24, 2.45) is 0 Å². The van der Waals surface area contributed by atoms with Crippen molar-refractivity contribution in [3.8, 4) is 0 Å². The Bertz CT molecular complexity index is 469. The van der Waals surface area contributed by atoms with Crippen molar-refractivity contribution in [1.82, 2.24) is 0 Å². The fraction of sp³-hybridized carbons (Fsp3) is 0.333. The lowest BCUT2D eigenvalue weighted by Gasteiger charge is -2.44. The van der Waals surface area contributed by atoms with Crippen molar-refractivity contribution in [2.75, 3.05) is 0 Å². The molecule has 1 N–H and O–H groups in total. The maximum absolute atomic E-state index is 10.8. The van der Waals surface area contributed by atoms with Crippen molar-refractivity contribution < 1.29 is 5.11 Å². The monoisotopic (exact) mass is 254 g/mol. The molecule has 0 aliphatic carbocycles. The average Bonchev–Trinajstić information content (AvgIpc) is 2.41. The topological polar surface area (TPSA) is 20.2 Å². The minimum absolute atomic E-state index is 0.379. The van der Waals surface area contributed by atoms with Gasteiger partial charge in [0.15, 0.2) is 0 Å². The van der Waals surface area contributed by atoms with Crippen LogP contribution in [0, 0.1) is 0 Å². The van der Waals surface area contributed by atoms with E-state index in [-0.39, 0.29) is 5.41 Å². The van der Waals surface area contributed by atoms with Gasteiger partial charge in [-0.15, -0.1) is 0 Å². The minimum Gasteiger partial charge on any atom is -0.389 e. The number of hydrogen-bond acceptors (Lipinski definition) is 1. The lowest BCUT2D eigenvalue weighted by Crippen LogP contribution is -2.47. The van der Waals surface area contributed by atoms with Crippen LogP contribution in [-0.2, 0) is 5.41 Å². The molecule has 1 nitrogen and oxygen atoms in total. The molecule has 2 aromatic rings. The summed E-state index contributed by atoms with van der Waals surface area (Å²) in [5.41, 5.74) is 1.12. The lowest BCUT2D eigenvalue weighted by atomic mass is 9.63. The van der Waals surface area contributed by atoms with E-state index in [4.69, 9.17) is 0 Å². The highest BCUT2D eigenvalue weighted by Gasteiger charge is 2.45. The molecule has 0 heterocycles. The summed E-state index contributed by atoms with van der Waals surface area (Å²) < 4.78 is 0. The summed E-state index contributed by atoms with van der Waals surface area (Å²) in [6, 6.07) is 20.6. The largest absolute Gasteiger partial charge is 0.389 e. The van der Waals surface area contributed by atoms with E-state index in [0.717, 1.165) is 17.5 Å². The van der Waals surface area contributed by atoms with E-state index in [9.17, 15) is 5.11 Å². The van der Waals surface area contributed by atoms with E-state index in [1.54, 1.807) is 0 Å². The zero-order valence-corrected chi connectivity index (χ0v) is 11.9. The molecule has 0 aromatic heterocycles. The standard InChI is InChI=1S/C18H22O/c1-4-18(17(2,3)19,15-11-7-5-8-12-15)16-13-9-6-10-14-16/h5-14,19H,4H2,1-3H3. The molecule has 0 saturated heterocycles. The fourth-order valence-corrected chi connectivity index (χ4v) is 3.16. The zero-order valence-electron chi connectivity index (χ0n) is 11.9. The Kier molecular flexibility index (Phi) is 3.77. The summed E-state index contributed by atoms with van der Waals surface area (Å²) in [5, 5.41) is 10.8. The average molecular weight is 254 g/mol. The van der Waals surface area contributed by atoms with Gasteiger partial charge in [0.2, 0.25) is 0 Å². The van der Waals surface area contributed by atoms with Gasteiger partial charge in [-0.3, -0.25) is 0 Å². The van der Waals surface area contributed by atoms with Crippen molar-refractivity contribution in [3.63, 3.8) is 0 Å². The maximum atomic E-state index is 10.8. The molecule has 0 spiro atoms. The van der Waals surface area contributed by atoms with Gasteiger partial charge in [0, 0.05) is 5.41 Å². The summed E-state index contributed by atoms with van der Waals surface area (Å²) in [6.45, 7) is 5.94. The zero-order chi connectivity index (χ0) is 13.9. The van der Waals surface area contributed by atoms with Crippen LogP contribution in [-0.4, -0.2) is 10.7 Å². The highest BCUT2D eigenvalue weighted by molar-refractivity contribution is 5.42. The molecule has 0 aliphatic rings. The second-order valence-electron chi connectivity index (χ2n) is 5.55. The van der Waals surface area contributed by atoms with E-state index >= 15 is 0 Å². The van der Waals surface area contributed by atoms with Gasteiger partial charge < -0.3 is 5.11 Å². The summed E-state index contributed by atoms with van der Waals surface area (Å²) in [5.74, 6) is 0. The Morgan fingerprint density at radius 2 is 1.16 bits per heavy atom. The summed E-state index contributed by atoms with van der Waals surface area (Å²) in [4.78, 5) is 0. The summed E-state index contributed by atoms with van der Waals surface area (Å²) >= 11 is 0. The fourth-order valence-electron chi connectivity index (χ4n) is 3.16. The van der Waals surface area contributed by atoms with Crippen molar-refractivity contribution in [2.45, 2.75) is 38.2 Å². The molecule has 0 radical (unpaired) electrons. The smallest absolute Gasteiger partial charge is 0.0728 e. The van der Waals surface area contributed by atoms with Crippen LogP contribution < -0.4 is 0 Å². The first-order valence-electron chi connectivity index (χ1n) is 6.86. The predicted molar refractivity (Wildman–Crippen MR) is 80.3 cm³/mol. The van der Waals surface area contributed by atoms with Crippen LogP contribution in [0.5, 0.6) is 0 Å². The summed E-state index contributed by atoms with van der Waals surface area (Å²) in [7, 11) is 0. The van der Waals surface area contributed by atoms with Gasteiger partial charge in [-0.2, -0.15) is 0 Å². The van der Waals surface area contributed by atoms with Crippen molar-refractivity contribution >= 4 is 0 Å². The molecule has 0 bridgehead atoms. The first-order chi connectivity index (χ1) is 9.02. The van der Waals surface area contributed by atoms with Crippen LogP contribution in [0.25, 0.3) is 0 Å². The predicted octanol–water partition coefficient (Wildman–Crippen LogP) is 4.15. The third-order valence-corrected chi connectivity index (χ3v) is 4.11. The van der Waals surface area contributed by atoms with Gasteiger partial charge in [0.25, 0.3) is 0 Å². The maximum Gasteiger partial charge on any atom is 0.0728 e. The molecule has 0 fully saturated rings.